The van der Waals surface area contributed by atoms with Crippen LogP contribution in [0.15, 0.2) is 42.5 Å². The van der Waals surface area contributed by atoms with Gasteiger partial charge in [0.25, 0.3) is 0 Å². The molecule has 0 aromatic heterocycles. The van der Waals surface area contributed by atoms with Gasteiger partial charge in [-0.1, -0.05) is 30.3 Å². The molecule has 0 bridgehead atoms. The van der Waals surface area contributed by atoms with Gasteiger partial charge in [0.2, 0.25) is 0 Å². The van der Waals surface area contributed by atoms with Crippen LogP contribution in [-0.2, 0) is 0 Å². The number of carbonyl (C=O) groups excluding carboxylic acids is 1. The number of phenols is 1. The number of carbonyl (C=O) groups is 1. The maximum atomic E-state index is 13.2. The Balaban J connectivity index is 2.39. The molecule has 86 valence electrons. The molecular formula is C14H11FO2. The van der Waals surface area contributed by atoms with Crippen LogP contribution in [0.4, 0.5) is 4.39 Å². The van der Waals surface area contributed by atoms with E-state index in [1.165, 1.54) is 19.1 Å². The van der Waals surface area contributed by atoms with E-state index in [0.717, 1.165) is 5.56 Å². The fourth-order valence-corrected chi connectivity index (χ4v) is 1.58. The van der Waals surface area contributed by atoms with Gasteiger partial charge in [0.1, 0.15) is 0 Å². The van der Waals surface area contributed by atoms with Crippen LogP contribution < -0.4 is 0 Å². The molecule has 2 aromatic carbocycles. The third-order valence-corrected chi connectivity index (χ3v) is 2.57. The lowest BCUT2D eigenvalue weighted by molar-refractivity contribution is 0.101. The second-order valence-corrected chi connectivity index (χ2v) is 3.80. The predicted octanol–water partition coefficient (Wildman–Crippen LogP) is 3.40. The summed E-state index contributed by atoms with van der Waals surface area (Å²) in [4.78, 5) is 11.1. The second-order valence-electron chi connectivity index (χ2n) is 3.80. The van der Waals surface area contributed by atoms with Crippen molar-refractivity contribution in [1.29, 1.82) is 0 Å². The van der Waals surface area contributed by atoms with Crippen molar-refractivity contribution < 1.29 is 14.3 Å². The molecule has 17 heavy (non-hydrogen) atoms. The van der Waals surface area contributed by atoms with E-state index in [1.807, 2.05) is 0 Å². The molecule has 0 saturated heterocycles. The average molecular weight is 230 g/mol. The summed E-state index contributed by atoms with van der Waals surface area (Å²) in [5.74, 6) is -1.03. The minimum absolute atomic E-state index is 0.00608. The third-order valence-electron chi connectivity index (χ3n) is 2.57. The highest BCUT2D eigenvalue weighted by Crippen LogP contribution is 2.25. The number of hydrogen-bond donors (Lipinski definition) is 1. The van der Waals surface area contributed by atoms with Gasteiger partial charge >= 0.3 is 0 Å². The fourth-order valence-electron chi connectivity index (χ4n) is 1.58. The summed E-state index contributed by atoms with van der Waals surface area (Å²) in [6, 6.07) is 11.1. The topological polar surface area (TPSA) is 37.3 Å². The Bertz CT molecular complexity index is 559. The van der Waals surface area contributed by atoms with Crippen molar-refractivity contribution in [1.82, 2.24) is 0 Å². The van der Waals surface area contributed by atoms with Crippen LogP contribution in [-0.4, -0.2) is 10.9 Å². The monoisotopic (exact) mass is 230 g/mol. The lowest BCUT2D eigenvalue weighted by Gasteiger charge is -2.04. The molecule has 0 aliphatic rings. The standard InChI is InChI=1S/C14H11FO2/c1-9(16)10-2-4-11(5-3-10)12-6-7-14(17)13(15)8-12/h2-8,17H,1H3. The first kappa shape index (κ1) is 11.3. The summed E-state index contributed by atoms with van der Waals surface area (Å²) in [7, 11) is 0. The Labute approximate surface area is 98.3 Å². The Morgan fingerprint density at radius 2 is 1.65 bits per heavy atom. The molecule has 1 N–H and O–H groups in total. The van der Waals surface area contributed by atoms with Crippen LogP contribution in [0.5, 0.6) is 5.75 Å². The van der Waals surface area contributed by atoms with Gasteiger partial charge in [-0.3, -0.25) is 4.79 Å². The number of phenolic OH excluding ortho intramolecular Hbond substituents is 1. The number of hydrogen-bond acceptors (Lipinski definition) is 2. The SMILES string of the molecule is CC(=O)c1ccc(-c2ccc(O)c(F)c2)cc1. The van der Waals surface area contributed by atoms with E-state index in [2.05, 4.69) is 0 Å². The maximum Gasteiger partial charge on any atom is 0.165 e. The van der Waals surface area contributed by atoms with Gasteiger partial charge in [-0.2, -0.15) is 0 Å². The lowest BCUT2D eigenvalue weighted by atomic mass is 10.0. The van der Waals surface area contributed by atoms with Crippen molar-refractivity contribution in [2.24, 2.45) is 0 Å². The molecule has 0 radical (unpaired) electrons. The molecule has 0 unspecified atom stereocenters. The van der Waals surface area contributed by atoms with E-state index in [1.54, 1.807) is 30.3 Å². The molecule has 0 heterocycles. The van der Waals surface area contributed by atoms with Gasteiger partial charge in [0, 0.05) is 5.56 Å². The van der Waals surface area contributed by atoms with Gasteiger partial charge in [0.05, 0.1) is 0 Å². The van der Waals surface area contributed by atoms with Crippen molar-refractivity contribution in [2.75, 3.05) is 0 Å². The van der Waals surface area contributed by atoms with E-state index >= 15 is 0 Å². The minimum Gasteiger partial charge on any atom is -0.505 e. The second kappa shape index (κ2) is 4.37. The summed E-state index contributed by atoms with van der Waals surface area (Å²) < 4.78 is 13.2. The molecule has 0 saturated carbocycles. The zero-order valence-corrected chi connectivity index (χ0v) is 9.27. The van der Waals surface area contributed by atoms with Gasteiger partial charge in [0.15, 0.2) is 17.3 Å². The molecular weight excluding hydrogens is 219 g/mol. The molecule has 0 aliphatic carbocycles. The molecule has 3 heteroatoms. The van der Waals surface area contributed by atoms with Crippen molar-refractivity contribution in [3.05, 3.63) is 53.8 Å². The predicted molar refractivity (Wildman–Crippen MR) is 63.5 cm³/mol. The molecule has 0 aliphatic heterocycles. The first-order valence-electron chi connectivity index (χ1n) is 5.18. The summed E-state index contributed by atoms with van der Waals surface area (Å²) in [5, 5.41) is 9.09. The number of aromatic hydroxyl groups is 1. The zero-order valence-electron chi connectivity index (χ0n) is 9.27. The van der Waals surface area contributed by atoms with E-state index in [9.17, 15) is 9.18 Å². The lowest BCUT2D eigenvalue weighted by Crippen LogP contribution is -1.90. The highest BCUT2D eigenvalue weighted by molar-refractivity contribution is 5.94. The van der Waals surface area contributed by atoms with Crippen LogP contribution in [0.1, 0.15) is 17.3 Å². The molecule has 0 atom stereocenters. The first-order valence-corrected chi connectivity index (χ1v) is 5.18. The van der Waals surface area contributed by atoms with Gasteiger partial charge in [-0.05, 0) is 30.2 Å². The van der Waals surface area contributed by atoms with Gasteiger partial charge in [-0.25, -0.2) is 4.39 Å². The van der Waals surface area contributed by atoms with Crippen LogP contribution in [0, 0.1) is 5.82 Å². The number of halogens is 1. The molecule has 2 rings (SSSR count). The van der Waals surface area contributed by atoms with Crippen molar-refractivity contribution in [3.8, 4) is 16.9 Å². The number of benzene rings is 2. The van der Waals surface area contributed by atoms with Crippen LogP contribution in [0.2, 0.25) is 0 Å². The Morgan fingerprint density at radius 3 is 2.18 bits per heavy atom. The minimum atomic E-state index is -0.654. The van der Waals surface area contributed by atoms with Gasteiger partial charge in [-0.15, -0.1) is 0 Å². The quantitative estimate of drug-likeness (QED) is 0.803. The molecule has 0 spiro atoms. The van der Waals surface area contributed by atoms with Gasteiger partial charge < -0.3 is 5.11 Å². The Kier molecular flexibility index (Phi) is 2.91. The maximum absolute atomic E-state index is 13.2. The number of Topliss-reactive ketones (excluding diaryl/α,β-unsaturated/α-hetero) is 1. The summed E-state index contributed by atoms with van der Waals surface area (Å²) >= 11 is 0. The largest absolute Gasteiger partial charge is 0.505 e. The van der Waals surface area contributed by atoms with Crippen molar-refractivity contribution in [3.63, 3.8) is 0 Å². The van der Waals surface area contributed by atoms with Crippen LogP contribution in [0.25, 0.3) is 11.1 Å². The average Bonchev–Trinajstić information content (AvgIpc) is 2.33. The number of ketones is 1. The van der Waals surface area contributed by atoms with E-state index in [0.29, 0.717) is 11.1 Å². The van der Waals surface area contributed by atoms with Crippen molar-refractivity contribution >= 4 is 5.78 Å². The van der Waals surface area contributed by atoms with E-state index in [4.69, 9.17) is 5.11 Å². The number of rotatable bonds is 2. The third kappa shape index (κ3) is 2.33. The first-order chi connectivity index (χ1) is 8.08. The Hall–Kier alpha value is -2.16. The Morgan fingerprint density at radius 1 is 1.06 bits per heavy atom. The zero-order chi connectivity index (χ0) is 12.4. The van der Waals surface area contributed by atoms with E-state index < -0.39 is 5.82 Å². The molecule has 0 amide bonds. The molecule has 2 aromatic rings. The summed E-state index contributed by atoms with van der Waals surface area (Å²) in [5.41, 5.74) is 2.08. The fraction of sp³-hybridized carbons (Fsp3) is 0.0714. The normalized spacial score (nSPS) is 10.2. The van der Waals surface area contributed by atoms with E-state index in [-0.39, 0.29) is 11.5 Å². The summed E-state index contributed by atoms with van der Waals surface area (Å²) in [6.07, 6.45) is 0. The molecule has 2 nitrogen and oxygen atoms in total. The van der Waals surface area contributed by atoms with Crippen LogP contribution in [0.3, 0.4) is 0 Å². The molecule has 0 fully saturated rings. The summed E-state index contributed by atoms with van der Waals surface area (Å²) in [6.45, 7) is 1.50. The highest BCUT2D eigenvalue weighted by Gasteiger charge is 2.04. The van der Waals surface area contributed by atoms with Crippen LogP contribution >= 0.6 is 0 Å². The van der Waals surface area contributed by atoms with Crippen molar-refractivity contribution in [2.45, 2.75) is 6.92 Å². The smallest absolute Gasteiger partial charge is 0.165 e. The highest BCUT2D eigenvalue weighted by atomic mass is 19.1.